The summed E-state index contributed by atoms with van der Waals surface area (Å²) in [6.45, 7) is 4.44. The van der Waals surface area contributed by atoms with Crippen LogP contribution in [0.5, 0.6) is 0 Å². The molecule has 2 unspecified atom stereocenters. The van der Waals surface area contributed by atoms with Crippen LogP contribution in [-0.4, -0.2) is 7.05 Å². The predicted octanol–water partition coefficient (Wildman–Crippen LogP) is 3.37. The van der Waals surface area contributed by atoms with Gasteiger partial charge >= 0.3 is 0 Å². The molecule has 0 saturated carbocycles. The Balaban J connectivity index is 2.81. The van der Waals surface area contributed by atoms with Gasteiger partial charge in [0.15, 0.2) is 0 Å². The molecule has 0 radical (unpaired) electrons. The monoisotopic (exact) mass is 216 g/mol. The van der Waals surface area contributed by atoms with E-state index in [0.717, 1.165) is 6.42 Å². The number of nitrogens with zero attached hydrogens (tertiary/aromatic N) is 1. The first-order valence-corrected chi connectivity index (χ1v) is 5.87. The van der Waals surface area contributed by atoms with Crippen molar-refractivity contribution in [2.24, 2.45) is 0 Å². The summed E-state index contributed by atoms with van der Waals surface area (Å²) in [7, 11) is 1.89. The molecule has 16 heavy (non-hydrogen) atoms. The van der Waals surface area contributed by atoms with Gasteiger partial charge in [0, 0.05) is 6.04 Å². The minimum atomic E-state index is 0.149. The lowest BCUT2D eigenvalue weighted by Gasteiger charge is -2.15. The second kappa shape index (κ2) is 6.30. The molecule has 2 nitrogen and oxygen atoms in total. The summed E-state index contributed by atoms with van der Waals surface area (Å²) >= 11 is 0. The standard InChI is InChI=1S/C14H20N2/c1-4-11(2)12-5-7-13(8-6-12)14(16-3)9-10-15/h5-8,11,14,16H,4,9H2,1-3H3. The van der Waals surface area contributed by atoms with Crippen molar-refractivity contribution in [3.8, 4) is 6.07 Å². The SMILES string of the molecule is CCC(C)c1ccc(C(CC#N)NC)cc1. The molecule has 0 bridgehead atoms. The summed E-state index contributed by atoms with van der Waals surface area (Å²) in [5, 5.41) is 11.9. The van der Waals surface area contributed by atoms with Crippen LogP contribution in [0.1, 0.15) is 49.8 Å². The highest BCUT2D eigenvalue weighted by Crippen LogP contribution is 2.22. The molecule has 0 saturated heterocycles. The van der Waals surface area contributed by atoms with Gasteiger partial charge in [-0.2, -0.15) is 5.26 Å². The molecular weight excluding hydrogens is 196 g/mol. The van der Waals surface area contributed by atoms with Gasteiger partial charge in [0.1, 0.15) is 0 Å². The van der Waals surface area contributed by atoms with Crippen LogP contribution in [0.3, 0.4) is 0 Å². The van der Waals surface area contributed by atoms with Crippen LogP contribution in [0.4, 0.5) is 0 Å². The summed E-state index contributed by atoms with van der Waals surface area (Å²) < 4.78 is 0. The second-order valence-corrected chi connectivity index (χ2v) is 4.18. The highest BCUT2D eigenvalue weighted by molar-refractivity contribution is 5.27. The van der Waals surface area contributed by atoms with Gasteiger partial charge < -0.3 is 5.32 Å². The van der Waals surface area contributed by atoms with Gasteiger partial charge in [-0.1, -0.05) is 38.1 Å². The fourth-order valence-electron chi connectivity index (χ4n) is 1.77. The zero-order valence-electron chi connectivity index (χ0n) is 10.3. The lowest BCUT2D eigenvalue weighted by Crippen LogP contribution is -2.15. The van der Waals surface area contributed by atoms with Gasteiger partial charge in [-0.25, -0.2) is 0 Å². The van der Waals surface area contributed by atoms with Crippen LogP contribution in [0, 0.1) is 11.3 Å². The first-order valence-electron chi connectivity index (χ1n) is 5.87. The number of rotatable bonds is 5. The molecule has 0 aliphatic carbocycles. The van der Waals surface area contributed by atoms with Crippen molar-refractivity contribution < 1.29 is 0 Å². The third-order valence-corrected chi connectivity index (χ3v) is 3.16. The van der Waals surface area contributed by atoms with E-state index in [1.807, 2.05) is 7.05 Å². The Kier molecular flexibility index (Phi) is 5.01. The van der Waals surface area contributed by atoms with Crippen molar-refractivity contribution in [3.63, 3.8) is 0 Å². The van der Waals surface area contributed by atoms with Crippen molar-refractivity contribution in [1.82, 2.24) is 5.32 Å². The van der Waals surface area contributed by atoms with Crippen molar-refractivity contribution >= 4 is 0 Å². The molecule has 0 heterocycles. The molecule has 86 valence electrons. The van der Waals surface area contributed by atoms with E-state index in [4.69, 9.17) is 5.26 Å². The molecule has 0 aliphatic heterocycles. The highest BCUT2D eigenvalue weighted by atomic mass is 14.9. The molecule has 0 fully saturated rings. The minimum absolute atomic E-state index is 0.149. The van der Waals surface area contributed by atoms with Crippen LogP contribution in [-0.2, 0) is 0 Å². The molecule has 0 amide bonds. The lowest BCUT2D eigenvalue weighted by molar-refractivity contribution is 0.607. The van der Waals surface area contributed by atoms with Crippen LogP contribution >= 0.6 is 0 Å². The number of nitriles is 1. The Morgan fingerprint density at radius 2 is 1.81 bits per heavy atom. The van der Waals surface area contributed by atoms with E-state index in [0.29, 0.717) is 12.3 Å². The van der Waals surface area contributed by atoms with Crippen molar-refractivity contribution in [1.29, 1.82) is 5.26 Å². The molecule has 1 aromatic rings. The third-order valence-electron chi connectivity index (χ3n) is 3.16. The van der Waals surface area contributed by atoms with Gasteiger partial charge in [-0.05, 0) is 30.5 Å². The van der Waals surface area contributed by atoms with Crippen LogP contribution in [0.25, 0.3) is 0 Å². The normalized spacial score (nSPS) is 14.1. The van der Waals surface area contributed by atoms with Gasteiger partial charge in [-0.15, -0.1) is 0 Å². The molecule has 0 spiro atoms. The van der Waals surface area contributed by atoms with E-state index in [-0.39, 0.29) is 6.04 Å². The average Bonchev–Trinajstić information content (AvgIpc) is 2.35. The first-order chi connectivity index (χ1) is 7.72. The molecule has 2 heteroatoms. The molecule has 1 aromatic carbocycles. The summed E-state index contributed by atoms with van der Waals surface area (Å²) in [5.41, 5.74) is 2.56. The zero-order chi connectivity index (χ0) is 12.0. The molecular formula is C14H20N2. The smallest absolute Gasteiger partial charge is 0.0641 e. The van der Waals surface area contributed by atoms with E-state index in [2.05, 4.69) is 49.5 Å². The van der Waals surface area contributed by atoms with E-state index in [1.54, 1.807) is 0 Å². The van der Waals surface area contributed by atoms with Crippen LogP contribution in [0.2, 0.25) is 0 Å². The van der Waals surface area contributed by atoms with E-state index in [1.165, 1.54) is 11.1 Å². The van der Waals surface area contributed by atoms with Gasteiger partial charge in [0.05, 0.1) is 12.5 Å². The summed E-state index contributed by atoms with van der Waals surface area (Å²) in [5.74, 6) is 0.609. The van der Waals surface area contributed by atoms with Gasteiger partial charge in [-0.3, -0.25) is 0 Å². The van der Waals surface area contributed by atoms with Crippen molar-refractivity contribution in [2.75, 3.05) is 7.05 Å². The highest BCUT2D eigenvalue weighted by Gasteiger charge is 2.09. The quantitative estimate of drug-likeness (QED) is 0.819. The van der Waals surface area contributed by atoms with Crippen LogP contribution in [0.15, 0.2) is 24.3 Å². The Bertz CT molecular complexity index is 348. The van der Waals surface area contributed by atoms with E-state index in [9.17, 15) is 0 Å². The first kappa shape index (κ1) is 12.7. The topological polar surface area (TPSA) is 35.8 Å². The molecule has 0 aliphatic rings. The largest absolute Gasteiger partial charge is 0.312 e. The number of hydrogen-bond donors (Lipinski definition) is 1. The Labute approximate surface area is 98.3 Å². The minimum Gasteiger partial charge on any atom is -0.312 e. The third kappa shape index (κ3) is 3.08. The van der Waals surface area contributed by atoms with Gasteiger partial charge in [0.2, 0.25) is 0 Å². The maximum Gasteiger partial charge on any atom is 0.0641 e. The Morgan fingerprint density at radius 1 is 1.25 bits per heavy atom. The molecule has 0 aromatic heterocycles. The molecule has 1 rings (SSSR count). The zero-order valence-corrected chi connectivity index (χ0v) is 10.3. The predicted molar refractivity (Wildman–Crippen MR) is 67.2 cm³/mol. The number of nitrogens with one attached hydrogen (secondary N) is 1. The summed E-state index contributed by atoms with van der Waals surface area (Å²) in [6.07, 6.45) is 1.67. The van der Waals surface area contributed by atoms with Crippen molar-refractivity contribution in [2.45, 2.75) is 38.6 Å². The fourth-order valence-corrected chi connectivity index (χ4v) is 1.77. The summed E-state index contributed by atoms with van der Waals surface area (Å²) in [4.78, 5) is 0. The number of hydrogen-bond acceptors (Lipinski definition) is 2. The maximum atomic E-state index is 8.72. The Morgan fingerprint density at radius 3 is 2.25 bits per heavy atom. The van der Waals surface area contributed by atoms with E-state index < -0.39 is 0 Å². The Hall–Kier alpha value is -1.33. The summed E-state index contributed by atoms with van der Waals surface area (Å²) in [6, 6.07) is 10.9. The lowest BCUT2D eigenvalue weighted by atomic mass is 9.95. The average molecular weight is 216 g/mol. The maximum absolute atomic E-state index is 8.72. The number of benzene rings is 1. The van der Waals surface area contributed by atoms with E-state index >= 15 is 0 Å². The van der Waals surface area contributed by atoms with Gasteiger partial charge in [0.25, 0.3) is 0 Å². The molecule has 1 N–H and O–H groups in total. The second-order valence-electron chi connectivity index (χ2n) is 4.18. The molecule has 2 atom stereocenters. The fraction of sp³-hybridized carbons (Fsp3) is 0.500. The van der Waals surface area contributed by atoms with Crippen LogP contribution < -0.4 is 5.32 Å². The van der Waals surface area contributed by atoms with Crippen molar-refractivity contribution in [3.05, 3.63) is 35.4 Å².